The maximum absolute atomic E-state index is 12.0. The van der Waals surface area contributed by atoms with Gasteiger partial charge in [-0.1, -0.05) is 27.7 Å². The van der Waals surface area contributed by atoms with Gasteiger partial charge < -0.3 is 10.2 Å². The molecule has 0 aromatic rings. The number of hydrogen-bond acceptors (Lipinski definition) is 3. The normalized spacial score (nSPS) is 11.3. The number of rotatable bonds is 9. The van der Waals surface area contributed by atoms with Crippen LogP contribution in [0.15, 0.2) is 0 Å². The highest BCUT2D eigenvalue weighted by molar-refractivity contribution is 5.85. The molecule has 0 aromatic heterocycles. The Morgan fingerprint density at radius 2 is 1.83 bits per heavy atom. The molecule has 0 unspecified atom stereocenters. The molecule has 18 heavy (non-hydrogen) atoms. The highest BCUT2D eigenvalue weighted by atomic mass is 16.2. The van der Waals surface area contributed by atoms with Crippen molar-refractivity contribution in [3.8, 4) is 6.07 Å². The van der Waals surface area contributed by atoms with Crippen LogP contribution in [0.5, 0.6) is 0 Å². The largest absolute Gasteiger partial charge is 0.353 e. The molecule has 0 saturated carbocycles. The minimum atomic E-state index is -0.845. The van der Waals surface area contributed by atoms with E-state index in [1.165, 1.54) is 0 Å². The van der Waals surface area contributed by atoms with Gasteiger partial charge in [0.2, 0.25) is 5.91 Å². The third kappa shape index (κ3) is 4.66. The zero-order chi connectivity index (χ0) is 14.0. The number of carbonyl (C=O) groups excluding carboxylic acids is 1. The average Bonchev–Trinajstić information content (AvgIpc) is 2.40. The van der Waals surface area contributed by atoms with Crippen molar-refractivity contribution < 1.29 is 4.79 Å². The van der Waals surface area contributed by atoms with Crippen LogP contribution in [0.25, 0.3) is 0 Å². The second-order valence-corrected chi connectivity index (χ2v) is 4.59. The molecule has 0 rings (SSSR count). The van der Waals surface area contributed by atoms with Gasteiger partial charge in [-0.2, -0.15) is 5.26 Å². The molecule has 0 aromatic carbocycles. The zero-order valence-corrected chi connectivity index (χ0v) is 12.3. The molecule has 0 fully saturated rings. The number of nitrogens with zero attached hydrogens (tertiary/aromatic N) is 2. The molecular formula is C14H27N3O. The first-order valence-corrected chi connectivity index (χ1v) is 7.02. The standard InChI is InChI=1S/C14H27N3O/c1-5-10-17(8-4)11-9-16-13(18)14(6-2,7-3)12-15/h5-11H2,1-4H3,(H,16,18). The molecule has 0 radical (unpaired) electrons. The number of likely N-dealkylation sites (N-methyl/N-ethyl adjacent to an activating group) is 1. The Morgan fingerprint density at radius 3 is 2.22 bits per heavy atom. The molecule has 4 nitrogen and oxygen atoms in total. The van der Waals surface area contributed by atoms with Crippen LogP contribution in [0.1, 0.15) is 47.0 Å². The lowest BCUT2D eigenvalue weighted by molar-refractivity contribution is -0.128. The van der Waals surface area contributed by atoms with Crippen molar-refractivity contribution in [2.75, 3.05) is 26.2 Å². The molecule has 0 spiro atoms. The van der Waals surface area contributed by atoms with E-state index < -0.39 is 5.41 Å². The zero-order valence-electron chi connectivity index (χ0n) is 12.3. The summed E-state index contributed by atoms with van der Waals surface area (Å²) in [5.74, 6) is -0.123. The Bertz CT molecular complexity index is 279. The summed E-state index contributed by atoms with van der Waals surface area (Å²) >= 11 is 0. The van der Waals surface area contributed by atoms with Crippen LogP contribution in [-0.4, -0.2) is 37.0 Å². The van der Waals surface area contributed by atoms with E-state index in [2.05, 4.69) is 30.1 Å². The fourth-order valence-electron chi connectivity index (χ4n) is 2.02. The van der Waals surface area contributed by atoms with Crippen LogP contribution >= 0.6 is 0 Å². The molecule has 0 aliphatic rings. The number of nitrogens with one attached hydrogen (secondary N) is 1. The van der Waals surface area contributed by atoms with Crippen LogP contribution in [0.4, 0.5) is 0 Å². The van der Waals surface area contributed by atoms with Gasteiger partial charge in [0.1, 0.15) is 5.41 Å². The van der Waals surface area contributed by atoms with Gasteiger partial charge in [-0.3, -0.25) is 4.79 Å². The predicted molar refractivity (Wildman–Crippen MR) is 74.0 cm³/mol. The van der Waals surface area contributed by atoms with E-state index >= 15 is 0 Å². The summed E-state index contributed by atoms with van der Waals surface area (Å²) in [5.41, 5.74) is -0.845. The summed E-state index contributed by atoms with van der Waals surface area (Å²) in [6.07, 6.45) is 2.25. The van der Waals surface area contributed by atoms with Crippen molar-refractivity contribution in [3.05, 3.63) is 0 Å². The molecule has 0 atom stereocenters. The average molecular weight is 253 g/mol. The lowest BCUT2D eigenvalue weighted by atomic mass is 9.83. The molecule has 0 saturated heterocycles. The number of carbonyl (C=O) groups is 1. The second kappa shape index (κ2) is 8.93. The van der Waals surface area contributed by atoms with Crippen molar-refractivity contribution in [1.29, 1.82) is 5.26 Å². The van der Waals surface area contributed by atoms with E-state index in [0.29, 0.717) is 19.4 Å². The molecule has 104 valence electrons. The Morgan fingerprint density at radius 1 is 1.22 bits per heavy atom. The van der Waals surface area contributed by atoms with E-state index in [1.54, 1.807) is 0 Å². The summed E-state index contributed by atoms with van der Waals surface area (Å²) in [6.45, 7) is 11.6. The Balaban J connectivity index is 4.21. The van der Waals surface area contributed by atoms with Crippen LogP contribution in [-0.2, 0) is 4.79 Å². The van der Waals surface area contributed by atoms with E-state index in [0.717, 1.165) is 26.1 Å². The van der Waals surface area contributed by atoms with E-state index in [4.69, 9.17) is 5.26 Å². The van der Waals surface area contributed by atoms with Crippen LogP contribution in [0, 0.1) is 16.7 Å². The maximum Gasteiger partial charge on any atom is 0.240 e. The first-order chi connectivity index (χ1) is 8.60. The van der Waals surface area contributed by atoms with Gasteiger partial charge in [0.05, 0.1) is 6.07 Å². The third-order valence-corrected chi connectivity index (χ3v) is 3.56. The highest BCUT2D eigenvalue weighted by Crippen LogP contribution is 2.25. The Labute approximate surface area is 111 Å². The number of nitriles is 1. The first-order valence-electron chi connectivity index (χ1n) is 7.02. The monoisotopic (exact) mass is 253 g/mol. The summed E-state index contributed by atoms with van der Waals surface area (Å²) in [7, 11) is 0. The minimum absolute atomic E-state index is 0.123. The van der Waals surface area contributed by atoms with Crippen LogP contribution < -0.4 is 5.32 Å². The Hall–Kier alpha value is -1.08. The summed E-state index contributed by atoms with van der Waals surface area (Å²) in [5, 5.41) is 12.1. The molecule has 0 heterocycles. The summed E-state index contributed by atoms with van der Waals surface area (Å²) < 4.78 is 0. The van der Waals surface area contributed by atoms with Crippen LogP contribution in [0.2, 0.25) is 0 Å². The molecule has 4 heteroatoms. The van der Waals surface area contributed by atoms with Crippen molar-refractivity contribution in [3.63, 3.8) is 0 Å². The van der Waals surface area contributed by atoms with Gasteiger partial charge in [0.15, 0.2) is 0 Å². The smallest absolute Gasteiger partial charge is 0.240 e. The Kier molecular flexibility index (Phi) is 8.40. The summed E-state index contributed by atoms with van der Waals surface area (Å²) in [6, 6.07) is 2.17. The highest BCUT2D eigenvalue weighted by Gasteiger charge is 2.34. The second-order valence-electron chi connectivity index (χ2n) is 4.59. The lowest BCUT2D eigenvalue weighted by Crippen LogP contribution is -2.43. The van der Waals surface area contributed by atoms with Gasteiger partial charge in [-0.05, 0) is 32.4 Å². The van der Waals surface area contributed by atoms with Gasteiger partial charge in [-0.15, -0.1) is 0 Å². The molecule has 0 bridgehead atoms. The van der Waals surface area contributed by atoms with Gasteiger partial charge in [-0.25, -0.2) is 0 Å². The van der Waals surface area contributed by atoms with E-state index in [-0.39, 0.29) is 5.91 Å². The minimum Gasteiger partial charge on any atom is -0.353 e. The van der Waals surface area contributed by atoms with Crippen molar-refractivity contribution in [1.82, 2.24) is 10.2 Å². The fourth-order valence-corrected chi connectivity index (χ4v) is 2.02. The number of amides is 1. The molecular weight excluding hydrogens is 226 g/mol. The van der Waals surface area contributed by atoms with Crippen molar-refractivity contribution in [2.45, 2.75) is 47.0 Å². The first kappa shape index (κ1) is 16.9. The molecule has 0 aliphatic heterocycles. The SMILES string of the molecule is CCCN(CC)CCNC(=O)C(C#N)(CC)CC. The number of hydrogen-bond donors (Lipinski definition) is 1. The van der Waals surface area contributed by atoms with Gasteiger partial charge in [0.25, 0.3) is 0 Å². The fraction of sp³-hybridized carbons (Fsp3) is 0.857. The van der Waals surface area contributed by atoms with Gasteiger partial charge in [0, 0.05) is 13.1 Å². The third-order valence-electron chi connectivity index (χ3n) is 3.56. The molecule has 1 amide bonds. The van der Waals surface area contributed by atoms with Crippen LogP contribution in [0.3, 0.4) is 0 Å². The van der Waals surface area contributed by atoms with Crippen molar-refractivity contribution >= 4 is 5.91 Å². The van der Waals surface area contributed by atoms with Gasteiger partial charge >= 0.3 is 0 Å². The lowest BCUT2D eigenvalue weighted by Gasteiger charge is -2.24. The van der Waals surface area contributed by atoms with Crippen molar-refractivity contribution in [2.24, 2.45) is 5.41 Å². The topological polar surface area (TPSA) is 56.1 Å². The molecule has 1 N–H and O–H groups in total. The summed E-state index contributed by atoms with van der Waals surface area (Å²) in [4.78, 5) is 14.3. The maximum atomic E-state index is 12.0. The van der Waals surface area contributed by atoms with E-state index in [1.807, 2.05) is 13.8 Å². The predicted octanol–water partition coefficient (Wildman–Crippen LogP) is 2.16. The van der Waals surface area contributed by atoms with E-state index in [9.17, 15) is 4.79 Å². The molecule has 0 aliphatic carbocycles. The quantitative estimate of drug-likeness (QED) is 0.685.